The minimum Gasteiger partial charge on any atom is -0.487 e. The van der Waals surface area contributed by atoms with E-state index in [9.17, 15) is 4.39 Å². The number of hydrogen-bond acceptors (Lipinski definition) is 2. The van der Waals surface area contributed by atoms with Gasteiger partial charge in [-0.2, -0.15) is 0 Å². The van der Waals surface area contributed by atoms with Crippen LogP contribution in [0.4, 0.5) is 4.39 Å². The Labute approximate surface area is 158 Å². The SMILES string of the molecule is Fc1ccccc1CCNCc1ccc(OCc2ccccc2)c(Cl)c1. The van der Waals surface area contributed by atoms with Crippen LogP contribution in [-0.2, 0) is 19.6 Å². The summed E-state index contributed by atoms with van der Waals surface area (Å²) in [6, 6.07) is 22.6. The Balaban J connectivity index is 1.47. The molecule has 0 spiro atoms. The molecular formula is C22H21ClFNO. The Bertz CT molecular complexity index is 839. The smallest absolute Gasteiger partial charge is 0.138 e. The van der Waals surface area contributed by atoms with Gasteiger partial charge >= 0.3 is 0 Å². The van der Waals surface area contributed by atoms with Crippen molar-refractivity contribution in [3.63, 3.8) is 0 Å². The predicted octanol–water partition coefficient (Wildman–Crippen LogP) is 5.39. The summed E-state index contributed by atoms with van der Waals surface area (Å²) < 4.78 is 19.4. The molecule has 0 radical (unpaired) electrons. The number of benzene rings is 3. The average Bonchev–Trinajstić information content (AvgIpc) is 2.67. The van der Waals surface area contributed by atoms with E-state index in [1.54, 1.807) is 6.07 Å². The Hall–Kier alpha value is -2.36. The van der Waals surface area contributed by atoms with Gasteiger partial charge in [0.25, 0.3) is 0 Å². The van der Waals surface area contributed by atoms with Crippen molar-refractivity contribution in [3.05, 3.63) is 100 Å². The Morgan fingerprint density at radius 3 is 2.42 bits per heavy atom. The zero-order valence-electron chi connectivity index (χ0n) is 14.4. The van der Waals surface area contributed by atoms with Crippen LogP contribution in [-0.4, -0.2) is 6.54 Å². The van der Waals surface area contributed by atoms with Crippen molar-refractivity contribution >= 4 is 11.6 Å². The first-order chi connectivity index (χ1) is 12.7. The van der Waals surface area contributed by atoms with Gasteiger partial charge in [-0.25, -0.2) is 4.39 Å². The summed E-state index contributed by atoms with van der Waals surface area (Å²) in [5.74, 6) is 0.517. The van der Waals surface area contributed by atoms with E-state index in [1.807, 2.05) is 60.7 Å². The molecule has 0 atom stereocenters. The molecule has 0 aliphatic rings. The lowest BCUT2D eigenvalue weighted by atomic mass is 10.1. The zero-order chi connectivity index (χ0) is 18.2. The molecule has 2 nitrogen and oxygen atoms in total. The lowest BCUT2D eigenvalue weighted by Gasteiger charge is -2.10. The maximum Gasteiger partial charge on any atom is 0.138 e. The fraction of sp³-hybridized carbons (Fsp3) is 0.182. The van der Waals surface area contributed by atoms with Gasteiger partial charge in [0.05, 0.1) is 5.02 Å². The molecule has 0 fully saturated rings. The van der Waals surface area contributed by atoms with Crippen LogP contribution in [0.3, 0.4) is 0 Å². The highest BCUT2D eigenvalue weighted by molar-refractivity contribution is 6.32. The molecule has 3 rings (SSSR count). The number of rotatable bonds is 8. The van der Waals surface area contributed by atoms with Crippen molar-refractivity contribution in [3.8, 4) is 5.75 Å². The van der Waals surface area contributed by atoms with E-state index in [0.717, 1.165) is 16.7 Å². The van der Waals surface area contributed by atoms with Gasteiger partial charge in [0.15, 0.2) is 0 Å². The second-order valence-electron chi connectivity index (χ2n) is 6.06. The maximum absolute atomic E-state index is 13.6. The third-order valence-electron chi connectivity index (χ3n) is 4.09. The van der Waals surface area contributed by atoms with Crippen LogP contribution < -0.4 is 10.1 Å². The molecule has 0 bridgehead atoms. The first kappa shape index (κ1) is 18.4. The molecule has 0 aromatic heterocycles. The van der Waals surface area contributed by atoms with Crippen LogP contribution >= 0.6 is 11.6 Å². The third kappa shape index (κ3) is 5.32. The second-order valence-corrected chi connectivity index (χ2v) is 6.46. The topological polar surface area (TPSA) is 21.3 Å². The summed E-state index contributed by atoms with van der Waals surface area (Å²) in [5, 5.41) is 3.91. The van der Waals surface area contributed by atoms with Gasteiger partial charge in [-0.1, -0.05) is 66.2 Å². The van der Waals surface area contributed by atoms with Crippen LogP contribution in [0.2, 0.25) is 5.02 Å². The van der Waals surface area contributed by atoms with Crippen molar-refractivity contribution in [2.45, 2.75) is 19.6 Å². The zero-order valence-corrected chi connectivity index (χ0v) is 15.2. The van der Waals surface area contributed by atoms with Crippen LogP contribution in [0.15, 0.2) is 72.8 Å². The third-order valence-corrected chi connectivity index (χ3v) is 4.39. The van der Waals surface area contributed by atoms with E-state index in [0.29, 0.717) is 36.9 Å². The summed E-state index contributed by atoms with van der Waals surface area (Å²) in [5.41, 5.74) is 2.89. The standard InChI is InChI=1S/C22H21ClFNO/c23-20-14-18(15-25-13-12-19-8-4-5-9-21(19)24)10-11-22(20)26-16-17-6-2-1-3-7-17/h1-11,14,25H,12-13,15-16H2. The van der Waals surface area contributed by atoms with Gasteiger partial charge in [0, 0.05) is 6.54 Å². The monoisotopic (exact) mass is 369 g/mol. The van der Waals surface area contributed by atoms with E-state index >= 15 is 0 Å². The first-order valence-corrected chi connectivity index (χ1v) is 8.99. The number of hydrogen-bond donors (Lipinski definition) is 1. The van der Waals surface area contributed by atoms with E-state index in [4.69, 9.17) is 16.3 Å². The molecule has 0 heterocycles. The quantitative estimate of drug-likeness (QED) is 0.537. The first-order valence-electron chi connectivity index (χ1n) is 8.61. The van der Waals surface area contributed by atoms with Gasteiger partial charge < -0.3 is 10.1 Å². The normalized spacial score (nSPS) is 10.7. The molecule has 0 saturated heterocycles. The lowest BCUT2D eigenvalue weighted by Crippen LogP contribution is -2.17. The molecule has 0 amide bonds. The van der Waals surface area contributed by atoms with E-state index < -0.39 is 0 Å². The van der Waals surface area contributed by atoms with Crippen LogP contribution in [0.25, 0.3) is 0 Å². The number of ether oxygens (including phenoxy) is 1. The van der Waals surface area contributed by atoms with Gasteiger partial charge in [-0.15, -0.1) is 0 Å². The maximum atomic E-state index is 13.6. The van der Waals surface area contributed by atoms with Crippen LogP contribution in [0.1, 0.15) is 16.7 Å². The molecule has 134 valence electrons. The molecule has 4 heteroatoms. The molecule has 26 heavy (non-hydrogen) atoms. The van der Waals surface area contributed by atoms with Crippen molar-refractivity contribution < 1.29 is 9.13 Å². The van der Waals surface area contributed by atoms with Gasteiger partial charge in [0.2, 0.25) is 0 Å². The van der Waals surface area contributed by atoms with Crippen LogP contribution in [0.5, 0.6) is 5.75 Å². The Morgan fingerprint density at radius 1 is 0.885 bits per heavy atom. The lowest BCUT2D eigenvalue weighted by molar-refractivity contribution is 0.306. The summed E-state index contributed by atoms with van der Waals surface area (Å²) in [6.07, 6.45) is 0.651. The highest BCUT2D eigenvalue weighted by atomic mass is 35.5. The highest BCUT2D eigenvalue weighted by Gasteiger charge is 2.05. The van der Waals surface area contributed by atoms with E-state index in [1.165, 1.54) is 6.07 Å². The molecule has 1 N–H and O–H groups in total. The van der Waals surface area contributed by atoms with E-state index in [-0.39, 0.29) is 5.82 Å². The second kappa shape index (κ2) is 9.37. The predicted molar refractivity (Wildman–Crippen MR) is 104 cm³/mol. The average molecular weight is 370 g/mol. The Kier molecular flexibility index (Phi) is 6.64. The van der Waals surface area contributed by atoms with E-state index in [2.05, 4.69) is 5.32 Å². The van der Waals surface area contributed by atoms with Crippen molar-refractivity contribution in [2.24, 2.45) is 0 Å². The fourth-order valence-corrected chi connectivity index (χ4v) is 2.92. The van der Waals surface area contributed by atoms with Crippen molar-refractivity contribution in [1.29, 1.82) is 0 Å². The summed E-state index contributed by atoms with van der Waals surface area (Å²) >= 11 is 6.32. The fourth-order valence-electron chi connectivity index (χ4n) is 2.66. The van der Waals surface area contributed by atoms with Gasteiger partial charge in [-0.3, -0.25) is 0 Å². The molecule has 3 aromatic rings. The molecule has 0 unspecified atom stereocenters. The largest absolute Gasteiger partial charge is 0.487 e. The highest BCUT2D eigenvalue weighted by Crippen LogP contribution is 2.26. The molecule has 0 aliphatic carbocycles. The summed E-state index contributed by atoms with van der Waals surface area (Å²) in [7, 11) is 0. The number of nitrogens with one attached hydrogen (secondary N) is 1. The molecular weight excluding hydrogens is 349 g/mol. The minimum atomic E-state index is -0.155. The van der Waals surface area contributed by atoms with Gasteiger partial charge in [-0.05, 0) is 47.9 Å². The molecule has 3 aromatic carbocycles. The van der Waals surface area contributed by atoms with Crippen molar-refractivity contribution in [1.82, 2.24) is 5.32 Å². The Morgan fingerprint density at radius 2 is 1.65 bits per heavy atom. The minimum absolute atomic E-state index is 0.155. The van der Waals surface area contributed by atoms with Gasteiger partial charge in [0.1, 0.15) is 18.2 Å². The van der Waals surface area contributed by atoms with Crippen LogP contribution in [0, 0.1) is 5.82 Å². The molecule has 0 saturated carbocycles. The summed E-state index contributed by atoms with van der Waals surface area (Å²) in [4.78, 5) is 0. The summed E-state index contributed by atoms with van der Waals surface area (Å²) in [6.45, 7) is 1.86. The molecule has 0 aliphatic heterocycles. The number of halogens is 2. The van der Waals surface area contributed by atoms with Crippen molar-refractivity contribution in [2.75, 3.05) is 6.54 Å².